The van der Waals surface area contributed by atoms with E-state index >= 15 is 0 Å². The summed E-state index contributed by atoms with van der Waals surface area (Å²) in [6.07, 6.45) is 5.47. The van der Waals surface area contributed by atoms with E-state index in [4.69, 9.17) is 26.9 Å². The fourth-order valence-electron chi connectivity index (χ4n) is 5.32. The van der Waals surface area contributed by atoms with Gasteiger partial charge in [-0.15, -0.1) is 0 Å². The van der Waals surface area contributed by atoms with Gasteiger partial charge in [0.25, 0.3) is 15.9 Å². The minimum Gasteiger partial charge on any atom is -0.495 e. The Morgan fingerprint density at radius 1 is 1.19 bits per heavy atom. The molecule has 0 aromatic heterocycles. The summed E-state index contributed by atoms with van der Waals surface area (Å²) < 4.78 is 34.1. The van der Waals surface area contributed by atoms with Crippen LogP contribution in [-0.2, 0) is 30.0 Å². The molecule has 1 fully saturated rings. The van der Waals surface area contributed by atoms with Gasteiger partial charge in [-0.3, -0.25) is 14.4 Å². The Morgan fingerprint density at radius 3 is 2.56 bits per heavy atom. The molecule has 2 amide bonds. The smallest absolute Gasteiger partial charge is 0.274 e. The van der Waals surface area contributed by atoms with E-state index in [0.29, 0.717) is 22.7 Å². The number of nitrogen functional groups attached to an aromatic ring is 1. The number of nitrogens with zero attached hydrogens (tertiary/aromatic N) is 2. The molecule has 2 aliphatic rings. The second kappa shape index (κ2) is 10.3. The molecular formula is C25H30ClN3O6S. The highest BCUT2D eigenvalue weighted by atomic mass is 35.5. The van der Waals surface area contributed by atoms with E-state index in [-0.39, 0.29) is 35.3 Å². The van der Waals surface area contributed by atoms with Crippen molar-refractivity contribution in [2.24, 2.45) is 5.92 Å². The van der Waals surface area contributed by atoms with Crippen LogP contribution in [0.4, 0.5) is 11.4 Å². The topological polar surface area (TPSA) is 119 Å². The van der Waals surface area contributed by atoms with E-state index in [9.17, 15) is 18.0 Å². The first kappa shape index (κ1) is 26.2. The molecule has 2 N–H and O–H groups in total. The zero-order valence-electron chi connectivity index (χ0n) is 20.3. The first-order chi connectivity index (χ1) is 17.2. The number of hydroxylamine groups is 2. The minimum absolute atomic E-state index is 0.000135. The molecule has 36 heavy (non-hydrogen) atoms. The number of hydrogen-bond donors (Lipinski definition) is 1. The Balaban J connectivity index is 1.95. The third-order valence-electron chi connectivity index (χ3n) is 6.92. The van der Waals surface area contributed by atoms with Crippen LogP contribution in [0, 0.1) is 5.92 Å². The first-order valence-corrected chi connectivity index (χ1v) is 13.7. The minimum atomic E-state index is -4.48. The van der Waals surface area contributed by atoms with Gasteiger partial charge in [0.15, 0.2) is 5.54 Å². The van der Waals surface area contributed by atoms with Crippen LogP contribution in [0.5, 0.6) is 5.75 Å². The second-order valence-corrected chi connectivity index (χ2v) is 11.3. The van der Waals surface area contributed by atoms with Gasteiger partial charge < -0.3 is 10.5 Å². The largest absolute Gasteiger partial charge is 0.495 e. The highest BCUT2D eigenvalue weighted by molar-refractivity contribution is 7.93. The van der Waals surface area contributed by atoms with E-state index in [1.165, 1.54) is 37.4 Å². The van der Waals surface area contributed by atoms with Crippen molar-refractivity contribution in [1.29, 1.82) is 0 Å². The number of carbonyl (C=O) groups is 2. The molecule has 2 aromatic rings. The zero-order chi connectivity index (χ0) is 26.1. The number of methoxy groups -OCH3 is 1. The van der Waals surface area contributed by atoms with Crippen molar-refractivity contribution in [1.82, 2.24) is 5.06 Å². The van der Waals surface area contributed by atoms with Crippen LogP contribution in [0.3, 0.4) is 0 Å². The van der Waals surface area contributed by atoms with Crippen LogP contribution in [0.2, 0.25) is 5.02 Å². The number of halogens is 1. The van der Waals surface area contributed by atoms with Gasteiger partial charge in [0.2, 0.25) is 6.41 Å². The molecule has 4 rings (SSSR count). The number of hydrogen-bond acceptors (Lipinski definition) is 7. The predicted octanol–water partition coefficient (Wildman–Crippen LogP) is 4.24. The van der Waals surface area contributed by atoms with Gasteiger partial charge in [-0.25, -0.2) is 13.5 Å². The molecular weight excluding hydrogens is 506 g/mol. The molecule has 1 saturated carbocycles. The summed E-state index contributed by atoms with van der Waals surface area (Å²) in [7, 11) is -3.16. The first-order valence-electron chi connectivity index (χ1n) is 11.9. The average Bonchev–Trinajstić information content (AvgIpc) is 3.11. The quantitative estimate of drug-likeness (QED) is 0.289. The van der Waals surface area contributed by atoms with Crippen molar-refractivity contribution >= 4 is 45.3 Å². The van der Waals surface area contributed by atoms with Crippen molar-refractivity contribution in [2.45, 2.75) is 55.9 Å². The summed E-state index contributed by atoms with van der Waals surface area (Å²) in [5.41, 5.74) is 4.86. The lowest BCUT2D eigenvalue weighted by Gasteiger charge is -2.39. The Hall–Kier alpha value is -2.82. The van der Waals surface area contributed by atoms with Gasteiger partial charge in [0.1, 0.15) is 10.6 Å². The fraction of sp³-hybridized carbons (Fsp3) is 0.440. The molecule has 9 nitrogen and oxygen atoms in total. The number of rotatable bonds is 9. The van der Waals surface area contributed by atoms with Gasteiger partial charge in [-0.2, -0.15) is 4.31 Å². The number of fused-ring (bicyclic) bond motifs is 1. The van der Waals surface area contributed by atoms with Gasteiger partial charge >= 0.3 is 0 Å². The molecule has 0 spiro atoms. The Labute approximate surface area is 216 Å². The number of benzene rings is 2. The lowest BCUT2D eigenvalue weighted by atomic mass is 9.76. The number of ether oxygens (including phenoxy) is 1. The van der Waals surface area contributed by atoms with Crippen molar-refractivity contribution < 1.29 is 27.6 Å². The SMILES string of the molecule is CCON(C=O)C1(CC2CCCCC2)C(=O)N(S(=O)(=O)c2ccc(N)cc2OC)c2ccc(Cl)cc21. The lowest BCUT2D eigenvalue weighted by Crippen LogP contribution is -2.54. The summed E-state index contributed by atoms with van der Waals surface area (Å²) >= 11 is 6.35. The number of sulfonamides is 1. The average molecular weight is 536 g/mol. The maximum atomic E-state index is 14.4. The van der Waals surface area contributed by atoms with E-state index in [1.54, 1.807) is 13.0 Å². The fourth-order valence-corrected chi connectivity index (χ4v) is 7.12. The van der Waals surface area contributed by atoms with Crippen LogP contribution in [0.1, 0.15) is 51.0 Å². The molecule has 1 heterocycles. The molecule has 1 unspecified atom stereocenters. The monoisotopic (exact) mass is 535 g/mol. The number of anilines is 2. The third kappa shape index (κ3) is 4.31. The molecule has 11 heteroatoms. The number of amides is 2. The summed E-state index contributed by atoms with van der Waals surface area (Å²) in [6.45, 7) is 1.80. The van der Waals surface area contributed by atoms with E-state index in [0.717, 1.165) is 41.5 Å². The maximum absolute atomic E-state index is 14.4. The van der Waals surface area contributed by atoms with Crippen molar-refractivity contribution in [3.63, 3.8) is 0 Å². The van der Waals surface area contributed by atoms with Crippen LogP contribution >= 0.6 is 11.6 Å². The van der Waals surface area contributed by atoms with Crippen molar-refractivity contribution in [3.8, 4) is 5.75 Å². The Morgan fingerprint density at radius 2 is 1.92 bits per heavy atom. The highest BCUT2D eigenvalue weighted by Gasteiger charge is 2.60. The molecule has 0 bridgehead atoms. The van der Waals surface area contributed by atoms with Crippen LogP contribution in [-0.4, -0.2) is 39.5 Å². The number of carbonyl (C=O) groups excluding carboxylic acids is 2. The normalized spacial score (nSPS) is 20.3. The van der Waals surface area contributed by atoms with Crippen LogP contribution in [0.25, 0.3) is 0 Å². The molecule has 0 saturated heterocycles. The van der Waals surface area contributed by atoms with Crippen molar-refractivity contribution in [2.75, 3.05) is 23.8 Å². The zero-order valence-corrected chi connectivity index (χ0v) is 21.8. The van der Waals surface area contributed by atoms with Crippen LogP contribution < -0.4 is 14.8 Å². The van der Waals surface area contributed by atoms with Crippen molar-refractivity contribution in [3.05, 3.63) is 47.0 Å². The van der Waals surface area contributed by atoms with Crippen LogP contribution in [0.15, 0.2) is 41.3 Å². The standard InChI is InChI=1S/C25H30ClN3O6S/c1-3-35-28(16-30)25(15-17-7-5-4-6-8-17)20-13-18(26)9-11-21(20)29(24(25)31)36(32,33)23-12-10-19(27)14-22(23)34-2/h9-14,16-17H,3-8,15,27H2,1-2H3. The maximum Gasteiger partial charge on any atom is 0.274 e. The molecule has 1 aliphatic heterocycles. The van der Waals surface area contributed by atoms with Gasteiger partial charge in [-0.05, 0) is 49.6 Å². The summed E-state index contributed by atoms with van der Waals surface area (Å²) in [6, 6.07) is 8.64. The molecule has 1 atom stereocenters. The van der Waals surface area contributed by atoms with E-state index in [1.807, 2.05) is 0 Å². The molecule has 0 radical (unpaired) electrons. The predicted molar refractivity (Wildman–Crippen MR) is 136 cm³/mol. The van der Waals surface area contributed by atoms with E-state index < -0.39 is 21.5 Å². The second-order valence-electron chi connectivity index (χ2n) is 9.06. The highest BCUT2D eigenvalue weighted by Crippen LogP contribution is 2.52. The van der Waals surface area contributed by atoms with E-state index in [2.05, 4.69) is 0 Å². The summed E-state index contributed by atoms with van der Waals surface area (Å²) in [4.78, 5) is 32.2. The Kier molecular flexibility index (Phi) is 7.49. The Bertz CT molecular complexity index is 1260. The lowest BCUT2D eigenvalue weighted by molar-refractivity contribution is -0.213. The summed E-state index contributed by atoms with van der Waals surface area (Å²) in [5.74, 6) is -0.712. The summed E-state index contributed by atoms with van der Waals surface area (Å²) in [5, 5.41) is 1.27. The molecule has 2 aromatic carbocycles. The van der Waals surface area contributed by atoms with Gasteiger partial charge in [-0.1, -0.05) is 43.7 Å². The number of nitrogens with two attached hydrogens (primary N) is 1. The third-order valence-corrected chi connectivity index (χ3v) is 8.89. The van der Waals surface area contributed by atoms with Gasteiger partial charge in [0.05, 0.1) is 19.4 Å². The van der Waals surface area contributed by atoms with Gasteiger partial charge in [0, 0.05) is 22.3 Å². The molecule has 194 valence electrons. The molecule has 1 aliphatic carbocycles.